The SMILES string of the molecule is NC(Nc1ccccc1)=[NH+]c1nc(CSc2ccc(Cl)cc2)cc(=O)[nH]1. The Balaban J connectivity index is 1.71. The second kappa shape index (κ2) is 8.55. The number of hydrogen-bond acceptors (Lipinski definition) is 3. The fraction of sp³-hybridized carbons (Fsp3) is 0.0556. The van der Waals surface area contributed by atoms with Gasteiger partial charge in [-0.25, -0.2) is 9.98 Å². The Labute approximate surface area is 159 Å². The highest BCUT2D eigenvalue weighted by atomic mass is 35.5. The van der Waals surface area contributed by atoms with Gasteiger partial charge in [-0.3, -0.25) is 10.1 Å². The molecule has 0 spiro atoms. The van der Waals surface area contributed by atoms with Crippen molar-refractivity contribution in [2.45, 2.75) is 10.6 Å². The van der Waals surface area contributed by atoms with Crippen LogP contribution in [0.25, 0.3) is 0 Å². The molecule has 0 radical (unpaired) electrons. The number of nitrogens with two attached hydrogens (primary N) is 1. The second-order valence-corrected chi connectivity index (χ2v) is 6.84. The van der Waals surface area contributed by atoms with Crippen LogP contribution in [-0.2, 0) is 5.75 Å². The Kier molecular flexibility index (Phi) is 5.93. The quantitative estimate of drug-likeness (QED) is 0.305. The minimum absolute atomic E-state index is 0.248. The first-order chi connectivity index (χ1) is 12.6. The molecule has 1 heterocycles. The van der Waals surface area contributed by atoms with Crippen molar-refractivity contribution in [3.8, 4) is 0 Å². The van der Waals surface area contributed by atoms with Gasteiger partial charge in [0.05, 0.1) is 11.4 Å². The third-order valence-corrected chi connectivity index (χ3v) is 4.60. The Morgan fingerprint density at radius 3 is 2.65 bits per heavy atom. The van der Waals surface area contributed by atoms with Gasteiger partial charge in [0.25, 0.3) is 11.5 Å². The van der Waals surface area contributed by atoms with Crippen LogP contribution in [0.2, 0.25) is 5.02 Å². The number of rotatable bonds is 5. The molecule has 132 valence electrons. The number of H-pyrrole nitrogens is 1. The van der Waals surface area contributed by atoms with Crippen LogP contribution >= 0.6 is 23.4 Å². The maximum atomic E-state index is 11.9. The lowest BCUT2D eigenvalue weighted by atomic mass is 10.3. The molecule has 0 saturated carbocycles. The molecule has 0 bridgehead atoms. The van der Waals surface area contributed by atoms with E-state index in [0.29, 0.717) is 16.5 Å². The lowest BCUT2D eigenvalue weighted by Crippen LogP contribution is -2.73. The molecule has 3 rings (SSSR count). The van der Waals surface area contributed by atoms with E-state index in [-0.39, 0.29) is 17.5 Å². The van der Waals surface area contributed by atoms with E-state index in [2.05, 4.69) is 20.3 Å². The normalized spacial score (nSPS) is 11.3. The van der Waals surface area contributed by atoms with Gasteiger partial charge >= 0.3 is 5.95 Å². The van der Waals surface area contributed by atoms with Crippen molar-refractivity contribution in [2.24, 2.45) is 5.73 Å². The number of halogens is 1. The lowest BCUT2D eigenvalue weighted by molar-refractivity contribution is -0.365. The molecule has 0 saturated heterocycles. The predicted octanol–water partition coefficient (Wildman–Crippen LogP) is 1.85. The van der Waals surface area contributed by atoms with Crippen LogP contribution in [0, 0.1) is 0 Å². The molecule has 0 atom stereocenters. The van der Waals surface area contributed by atoms with E-state index in [9.17, 15) is 4.79 Å². The first kappa shape index (κ1) is 18.0. The number of benzene rings is 2. The van der Waals surface area contributed by atoms with E-state index < -0.39 is 0 Å². The zero-order valence-corrected chi connectivity index (χ0v) is 15.3. The van der Waals surface area contributed by atoms with Gasteiger partial charge in [-0.05, 0) is 36.4 Å². The number of thioether (sulfide) groups is 1. The monoisotopic (exact) mass is 386 g/mol. The topological polar surface area (TPSA) is 97.8 Å². The van der Waals surface area contributed by atoms with Crippen LogP contribution < -0.4 is 21.6 Å². The Hall–Kier alpha value is -2.77. The van der Waals surface area contributed by atoms with Crippen LogP contribution in [0.4, 0.5) is 11.6 Å². The third kappa shape index (κ3) is 5.37. The zero-order valence-electron chi connectivity index (χ0n) is 13.7. The largest absolute Gasteiger partial charge is 0.325 e. The van der Waals surface area contributed by atoms with Gasteiger partial charge in [-0.1, -0.05) is 29.8 Å². The van der Waals surface area contributed by atoms with Crippen molar-refractivity contribution in [3.63, 3.8) is 0 Å². The first-order valence-electron chi connectivity index (χ1n) is 7.78. The molecule has 0 aliphatic heterocycles. The zero-order chi connectivity index (χ0) is 18.4. The number of nitrogens with one attached hydrogen (secondary N) is 3. The number of aromatic amines is 1. The van der Waals surface area contributed by atoms with Gasteiger partial charge in [-0.2, -0.15) is 0 Å². The molecule has 26 heavy (non-hydrogen) atoms. The molecule has 3 aromatic rings. The molecular weight excluding hydrogens is 370 g/mol. The summed E-state index contributed by atoms with van der Waals surface area (Å²) in [6.45, 7) is 0. The molecule has 2 aromatic carbocycles. The number of hydrogen-bond donors (Lipinski definition) is 4. The second-order valence-electron chi connectivity index (χ2n) is 5.36. The summed E-state index contributed by atoms with van der Waals surface area (Å²) in [6.07, 6.45) is 0. The molecule has 1 aromatic heterocycles. The third-order valence-electron chi connectivity index (χ3n) is 3.30. The first-order valence-corrected chi connectivity index (χ1v) is 9.15. The average molecular weight is 387 g/mol. The van der Waals surface area contributed by atoms with Gasteiger partial charge in [0.15, 0.2) is 0 Å². The van der Waals surface area contributed by atoms with E-state index in [1.807, 2.05) is 54.6 Å². The summed E-state index contributed by atoms with van der Waals surface area (Å²) in [5.74, 6) is 1.10. The lowest BCUT2D eigenvalue weighted by Gasteiger charge is -2.02. The number of aromatic nitrogens is 2. The minimum Gasteiger partial charge on any atom is -0.322 e. The smallest absolute Gasteiger partial charge is 0.322 e. The number of para-hydroxylation sites is 1. The molecule has 0 aliphatic rings. The fourth-order valence-electron chi connectivity index (χ4n) is 2.16. The van der Waals surface area contributed by atoms with Crippen LogP contribution in [0.5, 0.6) is 0 Å². The molecule has 0 amide bonds. The Bertz CT molecular complexity index is 957. The summed E-state index contributed by atoms with van der Waals surface area (Å²) in [6, 6.07) is 18.4. The number of guanidine groups is 1. The van der Waals surface area contributed by atoms with E-state index in [1.54, 1.807) is 11.8 Å². The van der Waals surface area contributed by atoms with Crippen molar-refractivity contribution < 1.29 is 4.99 Å². The van der Waals surface area contributed by atoms with Crippen LogP contribution in [0.3, 0.4) is 0 Å². The summed E-state index contributed by atoms with van der Waals surface area (Å²) in [5.41, 5.74) is 7.15. The van der Waals surface area contributed by atoms with Crippen molar-refractivity contribution >= 4 is 41.0 Å². The van der Waals surface area contributed by atoms with E-state index in [4.69, 9.17) is 17.3 Å². The maximum Gasteiger partial charge on any atom is 0.325 e. The molecule has 0 fully saturated rings. The van der Waals surface area contributed by atoms with Crippen molar-refractivity contribution in [1.82, 2.24) is 9.97 Å². The van der Waals surface area contributed by atoms with Gasteiger partial charge in [0, 0.05) is 16.0 Å². The summed E-state index contributed by atoms with van der Waals surface area (Å²) in [4.78, 5) is 22.8. The molecule has 8 heteroatoms. The van der Waals surface area contributed by atoms with Gasteiger partial charge in [-0.15, -0.1) is 16.7 Å². The Morgan fingerprint density at radius 1 is 1.19 bits per heavy atom. The predicted molar refractivity (Wildman–Crippen MR) is 106 cm³/mol. The van der Waals surface area contributed by atoms with Gasteiger partial charge in [0.2, 0.25) is 0 Å². The van der Waals surface area contributed by atoms with Crippen LogP contribution in [0.15, 0.2) is 70.4 Å². The highest BCUT2D eigenvalue weighted by Gasteiger charge is 2.07. The van der Waals surface area contributed by atoms with Gasteiger partial charge in [0.1, 0.15) is 5.69 Å². The summed E-state index contributed by atoms with van der Waals surface area (Å²) < 4.78 is 0. The Morgan fingerprint density at radius 2 is 1.92 bits per heavy atom. The minimum atomic E-state index is -0.248. The highest BCUT2D eigenvalue weighted by molar-refractivity contribution is 7.98. The molecule has 0 aliphatic carbocycles. The molecule has 0 unspecified atom stereocenters. The van der Waals surface area contributed by atoms with Crippen LogP contribution in [0.1, 0.15) is 5.69 Å². The van der Waals surface area contributed by atoms with Crippen LogP contribution in [-0.4, -0.2) is 15.9 Å². The van der Waals surface area contributed by atoms with E-state index in [1.165, 1.54) is 6.07 Å². The standard InChI is InChI=1S/C18H16ClN5OS/c19-12-6-8-15(9-7-12)26-11-14-10-16(25)23-18(22-14)24-17(20)21-13-4-2-1-3-5-13/h1-10H,11H2,(H4,20,21,22,23,24,25)/p+1. The fourth-order valence-corrected chi connectivity index (χ4v) is 3.08. The summed E-state index contributed by atoms with van der Waals surface area (Å²) in [5, 5.41) is 3.68. The van der Waals surface area contributed by atoms with E-state index in [0.717, 1.165) is 10.6 Å². The molecular formula is C18H17ClN5OS+. The molecule has 6 nitrogen and oxygen atoms in total. The maximum absolute atomic E-state index is 11.9. The number of anilines is 1. The van der Waals surface area contributed by atoms with Crippen molar-refractivity contribution in [1.29, 1.82) is 0 Å². The van der Waals surface area contributed by atoms with E-state index >= 15 is 0 Å². The highest BCUT2D eigenvalue weighted by Crippen LogP contribution is 2.23. The van der Waals surface area contributed by atoms with Gasteiger partial charge < -0.3 is 5.73 Å². The average Bonchev–Trinajstić information content (AvgIpc) is 2.61. The number of nitrogens with zero attached hydrogens (tertiary/aromatic N) is 1. The summed E-state index contributed by atoms with van der Waals surface area (Å²) in [7, 11) is 0. The molecule has 5 N–H and O–H groups in total. The summed E-state index contributed by atoms with van der Waals surface area (Å²) >= 11 is 7.45. The van der Waals surface area contributed by atoms with Crippen molar-refractivity contribution in [3.05, 3.63) is 81.7 Å². The van der Waals surface area contributed by atoms with Crippen molar-refractivity contribution in [2.75, 3.05) is 5.32 Å².